The number of esters is 1. The van der Waals surface area contributed by atoms with Gasteiger partial charge in [-0.05, 0) is 19.8 Å². The van der Waals surface area contributed by atoms with Gasteiger partial charge in [0.05, 0.1) is 19.6 Å². The zero-order valence-corrected chi connectivity index (χ0v) is 10.7. The van der Waals surface area contributed by atoms with Crippen molar-refractivity contribution in [2.45, 2.75) is 32.2 Å². The van der Waals surface area contributed by atoms with Crippen LogP contribution >= 0.6 is 0 Å². The molecule has 2 atom stereocenters. The Morgan fingerprint density at radius 2 is 2.17 bits per heavy atom. The van der Waals surface area contributed by atoms with E-state index in [1.165, 1.54) is 14.0 Å². The maximum atomic E-state index is 11.8. The third-order valence-corrected chi connectivity index (χ3v) is 2.89. The number of hydrogen-bond donors (Lipinski definition) is 1. The van der Waals surface area contributed by atoms with Gasteiger partial charge in [0.2, 0.25) is 5.91 Å². The van der Waals surface area contributed by atoms with Crippen molar-refractivity contribution in [3.63, 3.8) is 0 Å². The molecule has 1 rings (SSSR count). The topological polar surface area (TPSA) is 81.7 Å². The molecule has 6 heteroatoms. The summed E-state index contributed by atoms with van der Waals surface area (Å²) in [7, 11) is 1.26. The normalized spacial score (nSPS) is 20.2. The second kappa shape index (κ2) is 7.10. The SMILES string of the molecule is COC(=O)[C@H](CCC(C)=O)NC(=O)[C@H]1CCOC1. The van der Waals surface area contributed by atoms with E-state index in [4.69, 9.17) is 4.74 Å². The quantitative estimate of drug-likeness (QED) is 0.680. The number of Topliss-reactive ketones (excluding diaryl/α,β-unsaturated/α-hetero) is 1. The molecule has 1 heterocycles. The highest BCUT2D eigenvalue weighted by molar-refractivity contribution is 5.86. The minimum absolute atomic E-state index is 0.0256. The van der Waals surface area contributed by atoms with Crippen molar-refractivity contribution in [2.75, 3.05) is 20.3 Å². The van der Waals surface area contributed by atoms with E-state index in [9.17, 15) is 14.4 Å². The zero-order chi connectivity index (χ0) is 13.5. The number of ether oxygens (including phenoxy) is 2. The van der Waals surface area contributed by atoms with Crippen molar-refractivity contribution in [1.82, 2.24) is 5.32 Å². The predicted octanol–water partition coefficient (Wildman–Crippen LogP) is 0.0499. The molecule has 1 aliphatic heterocycles. The molecule has 0 aromatic rings. The zero-order valence-electron chi connectivity index (χ0n) is 10.7. The smallest absolute Gasteiger partial charge is 0.328 e. The van der Waals surface area contributed by atoms with Gasteiger partial charge in [-0.1, -0.05) is 0 Å². The second-order valence-electron chi connectivity index (χ2n) is 4.39. The number of nitrogens with one attached hydrogen (secondary N) is 1. The van der Waals surface area contributed by atoms with E-state index in [-0.39, 0.29) is 30.4 Å². The molecule has 0 spiro atoms. The Balaban J connectivity index is 2.51. The van der Waals surface area contributed by atoms with Crippen molar-refractivity contribution < 1.29 is 23.9 Å². The summed E-state index contributed by atoms with van der Waals surface area (Å²) in [5.74, 6) is -0.980. The van der Waals surface area contributed by atoms with E-state index in [1.54, 1.807) is 0 Å². The first-order valence-corrected chi connectivity index (χ1v) is 6.00. The molecule has 0 unspecified atom stereocenters. The minimum Gasteiger partial charge on any atom is -0.467 e. The molecule has 1 N–H and O–H groups in total. The monoisotopic (exact) mass is 257 g/mol. The van der Waals surface area contributed by atoms with Gasteiger partial charge in [0, 0.05) is 13.0 Å². The van der Waals surface area contributed by atoms with Crippen LogP contribution in [0.5, 0.6) is 0 Å². The minimum atomic E-state index is -0.757. The molecule has 18 heavy (non-hydrogen) atoms. The molecule has 0 aromatic carbocycles. The summed E-state index contributed by atoms with van der Waals surface area (Å²) in [5.41, 5.74) is 0. The highest BCUT2D eigenvalue weighted by Gasteiger charge is 2.28. The fraction of sp³-hybridized carbons (Fsp3) is 0.750. The van der Waals surface area contributed by atoms with Crippen LogP contribution in [-0.2, 0) is 23.9 Å². The maximum absolute atomic E-state index is 11.8. The summed E-state index contributed by atoms with van der Waals surface area (Å²) in [4.78, 5) is 34.2. The molecule has 102 valence electrons. The summed E-state index contributed by atoms with van der Waals surface area (Å²) in [6.07, 6.45) is 1.16. The summed E-state index contributed by atoms with van der Waals surface area (Å²) in [5, 5.41) is 2.62. The van der Waals surface area contributed by atoms with Gasteiger partial charge in [-0.25, -0.2) is 4.79 Å². The molecule has 1 amide bonds. The summed E-state index contributed by atoms with van der Waals surface area (Å²) in [6, 6.07) is -0.757. The van der Waals surface area contributed by atoms with Crippen molar-refractivity contribution in [1.29, 1.82) is 0 Å². The molecule has 0 saturated carbocycles. The number of amides is 1. The van der Waals surface area contributed by atoms with Crippen molar-refractivity contribution >= 4 is 17.7 Å². The number of carbonyl (C=O) groups excluding carboxylic acids is 3. The largest absolute Gasteiger partial charge is 0.467 e. The van der Waals surface area contributed by atoms with Crippen LogP contribution in [0.15, 0.2) is 0 Å². The average molecular weight is 257 g/mol. The Morgan fingerprint density at radius 3 is 2.67 bits per heavy atom. The number of ketones is 1. The van der Waals surface area contributed by atoms with Gasteiger partial charge >= 0.3 is 5.97 Å². The number of methoxy groups -OCH3 is 1. The van der Waals surface area contributed by atoms with Crippen LogP contribution in [0.3, 0.4) is 0 Å². The lowest BCUT2D eigenvalue weighted by atomic mass is 10.1. The highest BCUT2D eigenvalue weighted by atomic mass is 16.5. The lowest BCUT2D eigenvalue weighted by molar-refractivity contribution is -0.145. The maximum Gasteiger partial charge on any atom is 0.328 e. The Labute approximate surface area is 106 Å². The average Bonchev–Trinajstić information content (AvgIpc) is 2.86. The molecule has 1 fully saturated rings. The van der Waals surface area contributed by atoms with E-state index >= 15 is 0 Å². The standard InChI is InChI=1S/C12H19NO5/c1-8(14)3-4-10(12(16)17-2)13-11(15)9-5-6-18-7-9/h9-10H,3-7H2,1-2H3,(H,13,15)/t9-,10-/m0/s1. The predicted molar refractivity (Wildman–Crippen MR) is 62.8 cm³/mol. The van der Waals surface area contributed by atoms with Gasteiger partial charge in [-0.2, -0.15) is 0 Å². The lowest BCUT2D eigenvalue weighted by Gasteiger charge is -2.17. The highest BCUT2D eigenvalue weighted by Crippen LogP contribution is 2.13. The Morgan fingerprint density at radius 1 is 1.44 bits per heavy atom. The van der Waals surface area contributed by atoms with Crippen LogP contribution in [0.4, 0.5) is 0 Å². The molecule has 1 saturated heterocycles. The molecule has 0 aromatic heterocycles. The van der Waals surface area contributed by atoms with Gasteiger partial charge in [-0.3, -0.25) is 4.79 Å². The summed E-state index contributed by atoms with van der Waals surface area (Å²) >= 11 is 0. The van der Waals surface area contributed by atoms with Gasteiger partial charge < -0.3 is 19.6 Å². The van der Waals surface area contributed by atoms with Gasteiger partial charge in [0.1, 0.15) is 11.8 Å². The van der Waals surface area contributed by atoms with E-state index in [2.05, 4.69) is 10.1 Å². The summed E-state index contributed by atoms with van der Waals surface area (Å²) in [6.45, 7) is 2.39. The van der Waals surface area contributed by atoms with E-state index in [0.29, 0.717) is 19.6 Å². The fourth-order valence-corrected chi connectivity index (χ4v) is 1.77. The van der Waals surface area contributed by atoms with E-state index in [0.717, 1.165) is 0 Å². The summed E-state index contributed by atoms with van der Waals surface area (Å²) < 4.78 is 9.73. The van der Waals surface area contributed by atoms with Crippen molar-refractivity contribution in [3.05, 3.63) is 0 Å². The Hall–Kier alpha value is -1.43. The van der Waals surface area contributed by atoms with E-state index < -0.39 is 12.0 Å². The van der Waals surface area contributed by atoms with Crippen LogP contribution in [0, 0.1) is 5.92 Å². The van der Waals surface area contributed by atoms with Crippen LogP contribution in [0.25, 0.3) is 0 Å². The van der Waals surface area contributed by atoms with Crippen molar-refractivity contribution in [3.8, 4) is 0 Å². The third kappa shape index (κ3) is 4.44. The first-order chi connectivity index (χ1) is 8.54. The van der Waals surface area contributed by atoms with Gasteiger partial charge in [0.25, 0.3) is 0 Å². The van der Waals surface area contributed by atoms with Gasteiger partial charge in [0.15, 0.2) is 0 Å². The molecule has 1 aliphatic rings. The second-order valence-corrected chi connectivity index (χ2v) is 4.39. The van der Waals surface area contributed by atoms with Crippen LogP contribution in [-0.4, -0.2) is 44.0 Å². The number of hydrogen-bond acceptors (Lipinski definition) is 5. The van der Waals surface area contributed by atoms with Crippen LogP contribution in [0.1, 0.15) is 26.2 Å². The molecular formula is C12H19NO5. The molecule has 0 bridgehead atoms. The lowest BCUT2D eigenvalue weighted by Crippen LogP contribution is -2.44. The van der Waals surface area contributed by atoms with Crippen LogP contribution in [0.2, 0.25) is 0 Å². The van der Waals surface area contributed by atoms with Gasteiger partial charge in [-0.15, -0.1) is 0 Å². The Kier molecular flexibility index (Phi) is 5.77. The van der Waals surface area contributed by atoms with E-state index in [1.807, 2.05) is 0 Å². The number of carbonyl (C=O) groups is 3. The Bertz CT molecular complexity index is 322. The molecular weight excluding hydrogens is 238 g/mol. The number of rotatable bonds is 6. The first-order valence-electron chi connectivity index (χ1n) is 6.00. The third-order valence-electron chi connectivity index (χ3n) is 2.89. The van der Waals surface area contributed by atoms with Crippen LogP contribution < -0.4 is 5.32 Å². The van der Waals surface area contributed by atoms with Crippen molar-refractivity contribution in [2.24, 2.45) is 5.92 Å². The molecule has 0 aliphatic carbocycles. The molecule has 0 radical (unpaired) electrons. The first kappa shape index (κ1) is 14.6. The fourth-order valence-electron chi connectivity index (χ4n) is 1.77. The molecule has 6 nitrogen and oxygen atoms in total.